The van der Waals surface area contributed by atoms with E-state index in [2.05, 4.69) is 38.3 Å². The van der Waals surface area contributed by atoms with Crippen molar-refractivity contribution in [2.75, 3.05) is 26.4 Å². The maximum Gasteiger partial charge on any atom is 0.333 e. The van der Waals surface area contributed by atoms with Gasteiger partial charge in [-0.2, -0.15) is 0 Å². The lowest BCUT2D eigenvalue weighted by Gasteiger charge is -2.13. The molecule has 1 aliphatic heterocycles. The Balaban J connectivity index is 0. The van der Waals surface area contributed by atoms with Crippen LogP contribution in [-0.2, 0) is 33.3 Å². The molecule has 1 rings (SSSR count). The SMILES string of the molecule is C=C(C)C(=O)OCC1CO1.C=CC(=O)OCC(CC)CCCC.C=CC(=O)OCCCC. The fraction of sp³-hybridized carbons (Fsp3) is 0.640. The predicted molar refractivity (Wildman–Crippen MR) is 126 cm³/mol. The summed E-state index contributed by atoms with van der Waals surface area (Å²) in [5, 5.41) is 0. The summed E-state index contributed by atoms with van der Waals surface area (Å²) in [6.45, 7) is 20.2. The van der Waals surface area contributed by atoms with Gasteiger partial charge in [0.2, 0.25) is 0 Å². The molecule has 2 atom stereocenters. The molecule has 0 aliphatic carbocycles. The summed E-state index contributed by atoms with van der Waals surface area (Å²) < 4.78 is 19.3. The summed E-state index contributed by atoms with van der Waals surface area (Å²) in [7, 11) is 0. The third-order valence-electron chi connectivity index (χ3n) is 4.23. The van der Waals surface area contributed by atoms with Crippen molar-refractivity contribution >= 4 is 17.9 Å². The standard InChI is InChI=1S/C11H20O2.C7H10O3.C7H12O2/c1-4-7-8-10(5-2)9-13-11(12)6-3;1-5(2)7(8)10-4-6-3-9-6;1-3-5-6-9-7(8)4-2/h6,10H,3-5,7-9H2,1-2H3;6H,1,3-4H2,2H3;4H,2-3,5-6H2,1H3. The number of unbranched alkanes of at least 4 members (excludes halogenated alkanes) is 2. The van der Waals surface area contributed by atoms with Crippen molar-refractivity contribution in [1.29, 1.82) is 0 Å². The van der Waals surface area contributed by atoms with Crippen LogP contribution in [0.5, 0.6) is 0 Å². The zero-order valence-electron chi connectivity index (χ0n) is 20.4. The fourth-order valence-corrected chi connectivity index (χ4v) is 1.99. The third kappa shape index (κ3) is 22.3. The molecule has 7 nitrogen and oxygen atoms in total. The number of carbonyl (C=O) groups is 3. The van der Waals surface area contributed by atoms with E-state index in [4.69, 9.17) is 14.2 Å². The van der Waals surface area contributed by atoms with Crippen LogP contribution in [0.2, 0.25) is 0 Å². The highest BCUT2D eigenvalue weighted by atomic mass is 16.6. The average Bonchev–Trinajstić information content (AvgIpc) is 3.62. The summed E-state index contributed by atoms with van der Waals surface area (Å²) in [5.74, 6) is -0.460. The molecule has 32 heavy (non-hydrogen) atoms. The van der Waals surface area contributed by atoms with Gasteiger partial charge in [-0.1, -0.05) is 66.2 Å². The van der Waals surface area contributed by atoms with Gasteiger partial charge in [0.15, 0.2) is 0 Å². The van der Waals surface area contributed by atoms with E-state index in [1.165, 1.54) is 25.0 Å². The molecule has 0 N–H and O–H groups in total. The summed E-state index contributed by atoms with van der Waals surface area (Å²) in [6.07, 6.45) is 9.15. The number of esters is 3. The monoisotopic (exact) mass is 454 g/mol. The lowest BCUT2D eigenvalue weighted by molar-refractivity contribution is -0.140. The van der Waals surface area contributed by atoms with Crippen LogP contribution in [0.15, 0.2) is 37.5 Å². The first kappa shape index (κ1) is 31.8. The highest BCUT2D eigenvalue weighted by Gasteiger charge is 2.24. The Morgan fingerprint density at radius 2 is 1.56 bits per heavy atom. The molecule has 0 amide bonds. The van der Waals surface area contributed by atoms with Gasteiger partial charge in [0.25, 0.3) is 0 Å². The Morgan fingerprint density at radius 3 is 2.00 bits per heavy atom. The fourth-order valence-electron chi connectivity index (χ4n) is 1.99. The van der Waals surface area contributed by atoms with Gasteiger partial charge in [0.05, 0.1) is 19.8 Å². The van der Waals surface area contributed by atoms with E-state index >= 15 is 0 Å². The first-order valence-corrected chi connectivity index (χ1v) is 11.3. The molecule has 0 aromatic heterocycles. The van der Waals surface area contributed by atoms with Crippen molar-refractivity contribution in [2.24, 2.45) is 5.92 Å². The maximum atomic E-state index is 10.8. The lowest BCUT2D eigenvalue weighted by atomic mass is 10.0. The Morgan fingerprint density at radius 1 is 1.00 bits per heavy atom. The zero-order valence-corrected chi connectivity index (χ0v) is 20.4. The quantitative estimate of drug-likeness (QED) is 0.120. The smallest absolute Gasteiger partial charge is 0.333 e. The van der Waals surface area contributed by atoms with E-state index in [0.717, 1.165) is 25.7 Å². The molecule has 1 saturated heterocycles. The minimum absolute atomic E-state index is 0.142. The van der Waals surface area contributed by atoms with Gasteiger partial charge in [0.1, 0.15) is 12.7 Å². The normalized spacial score (nSPS) is 14.2. The van der Waals surface area contributed by atoms with Gasteiger partial charge in [-0.05, 0) is 25.7 Å². The summed E-state index contributed by atoms with van der Waals surface area (Å²) in [4.78, 5) is 31.8. The Hall–Kier alpha value is -2.41. The van der Waals surface area contributed by atoms with Crippen molar-refractivity contribution in [1.82, 2.24) is 0 Å². The van der Waals surface area contributed by atoms with Crippen molar-refractivity contribution in [2.45, 2.75) is 72.3 Å². The molecule has 184 valence electrons. The third-order valence-corrected chi connectivity index (χ3v) is 4.23. The van der Waals surface area contributed by atoms with Crippen molar-refractivity contribution in [3.05, 3.63) is 37.5 Å². The summed E-state index contributed by atoms with van der Waals surface area (Å²) >= 11 is 0. The van der Waals surface area contributed by atoms with E-state index in [1.807, 2.05) is 6.92 Å². The molecule has 0 saturated carbocycles. The second-order valence-corrected chi connectivity index (χ2v) is 7.31. The van der Waals surface area contributed by atoms with Crippen LogP contribution in [0.3, 0.4) is 0 Å². The molecular formula is C25H42O7. The van der Waals surface area contributed by atoms with Crippen LogP contribution >= 0.6 is 0 Å². The van der Waals surface area contributed by atoms with Crippen LogP contribution < -0.4 is 0 Å². The van der Waals surface area contributed by atoms with Gasteiger partial charge in [-0.15, -0.1) is 0 Å². The molecule has 1 fully saturated rings. The molecule has 1 heterocycles. The van der Waals surface area contributed by atoms with Crippen LogP contribution in [-0.4, -0.2) is 50.4 Å². The lowest BCUT2D eigenvalue weighted by Crippen LogP contribution is -2.12. The van der Waals surface area contributed by atoms with Crippen molar-refractivity contribution < 1.29 is 33.3 Å². The first-order chi connectivity index (χ1) is 15.2. The van der Waals surface area contributed by atoms with Gasteiger partial charge in [-0.3, -0.25) is 0 Å². The Bertz CT molecular complexity index is 565. The summed E-state index contributed by atoms with van der Waals surface area (Å²) in [6, 6.07) is 0. The van der Waals surface area contributed by atoms with Crippen LogP contribution in [0.25, 0.3) is 0 Å². The number of rotatable bonds is 14. The largest absolute Gasteiger partial charge is 0.463 e. The minimum atomic E-state index is -0.337. The van der Waals surface area contributed by atoms with Crippen LogP contribution in [0.1, 0.15) is 66.2 Å². The second-order valence-electron chi connectivity index (χ2n) is 7.31. The van der Waals surface area contributed by atoms with Crippen LogP contribution in [0.4, 0.5) is 0 Å². The molecule has 0 radical (unpaired) electrons. The first-order valence-electron chi connectivity index (χ1n) is 11.3. The molecule has 0 spiro atoms. The van der Waals surface area contributed by atoms with Crippen molar-refractivity contribution in [3.63, 3.8) is 0 Å². The van der Waals surface area contributed by atoms with Crippen LogP contribution in [0, 0.1) is 5.92 Å². The number of ether oxygens (including phenoxy) is 4. The Labute approximate surface area is 193 Å². The molecule has 0 aromatic carbocycles. The average molecular weight is 455 g/mol. The number of hydrogen-bond donors (Lipinski definition) is 0. The number of hydrogen-bond acceptors (Lipinski definition) is 7. The van der Waals surface area contributed by atoms with Gasteiger partial charge < -0.3 is 18.9 Å². The second kappa shape index (κ2) is 21.8. The van der Waals surface area contributed by atoms with E-state index in [-0.39, 0.29) is 24.0 Å². The van der Waals surface area contributed by atoms with Gasteiger partial charge in [-0.25, -0.2) is 14.4 Å². The molecule has 7 heteroatoms. The van der Waals surface area contributed by atoms with Gasteiger partial charge >= 0.3 is 17.9 Å². The highest BCUT2D eigenvalue weighted by molar-refractivity contribution is 5.86. The van der Waals surface area contributed by atoms with E-state index < -0.39 is 0 Å². The Kier molecular flexibility index (Phi) is 21.7. The molecule has 0 aromatic rings. The highest BCUT2D eigenvalue weighted by Crippen LogP contribution is 2.12. The molecule has 0 bridgehead atoms. The number of epoxide rings is 1. The van der Waals surface area contributed by atoms with Gasteiger partial charge in [0, 0.05) is 17.7 Å². The van der Waals surface area contributed by atoms with Crippen molar-refractivity contribution in [3.8, 4) is 0 Å². The topological polar surface area (TPSA) is 91.4 Å². The van der Waals surface area contributed by atoms with E-state index in [1.54, 1.807) is 6.92 Å². The molecule has 2 unspecified atom stereocenters. The zero-order chi connectivity index (χ0) is 24.8. The summed E-state index contributed by atoms with van der Waals surface area (Å²) in [5.41, 5.74) is 0.431. The molecule has 1 aliphatic rings. The maximum absolute atomic E-state index is 10.8. The number of carbonyl (C=O) groups excluding carboxylic acids is 3. The predicted octanol–water partition coefficient (Wildman–Crippen LogP) is 4.95. The minimum Gasteiger partial charge on any atom is -0.463 e. The van der Waals surface area contributed by atoms with E-state index in [0.29, 0.717) is 37.9 Å². The molecular weight excluding hydrogens is 412 g/mol. The van der Waals surface area contributed by atoms with E-state index in [9.17, 15) is 14.4 Å².